The van der Waals surface area contributed by atoms with Crippen LogP contribution in [-0.4, -0.2) is 40.2 Å². The van der Waals surface area contributed by atoms with E-state index in [1.807, 2.05) is 26.0 Å². The molecule has 4 fully saturated rings. The molecule has 35 heavy (non-hydrogen) atoms. The number of hydrogen-bond acceptors (Lipinski definition) is 5. The van der Waals surface area contributed by atoms with E-state index in [0.29, 0.717) is 24.2 Å². The first-order valence-electron chi connectivity index (χ1n) is 13.2. The maximum absolute atomic E-state index is 13.2. The molecule has 4 rings (SSSR count). The predicted molar refractivity (Wildman–Crippen MR) is 131 cm³/mol. The number of carboxylic acids is 1. The van der Waals surface area contributed by atoms with Crippen LogP contribution in [0.5, 0.6) is 0 Å². The average molecular weight is 486 g/mol. The van der Waals surface area contributed by atoms with Crippen LogP contribution in [0.25, 0.3) is 0 Å². The maximum Gasteiger partial charge on any atom is 0.306 e. The molecule has 10 atom stereocenters. The van der Waals surface area contributed by atoms with E-state index in [0.717, 1.165) is 25.7 Å². The van der Waals surface area contributed by atoms with Gasteiger partial charge in [-0.2, -0.15) is 0 Å². The molecule has 2 amide bonds. The fourth-order valence-electron chi connectivity index (χ4n) is 7.40. The molecule has 7 heteroatoms. The quantitative estimate of drug-likeness (QED) is 0.208. The standard InChI is InChI=1S/C28H39NO6/c1-5-8-9-11-15(7-3)20-22(27(32)29-26(20)31)25-21-17(10-6-2)24(35-25)23(30)18-13-16(28(33)34)12-14(4)19(18)21/h6-7,10,14-21,23-24,30H,3,5,8-9,11-13H2,1-2,4H3,(H,33,34)(H,29,31,32)/b10-6+,25-22-/t14-,15+,16+,17-,18+,19+,20-,21+,23-,24-/m0/s1. The highest BCUT2D eigenvalue weighted by Crippen LogP contribution is 2.59. The van der Waals surface area contributed by atoms with Crippen LogP contribution >= 0.6 is 0 Å². The second-order valence-corrected chi connectivity index (χ2v) is 10.9. The first kappa shape index (κ1) is 25.7. The van der Waals surface area contributed by atoms with Gasteiger partial charge < -0.3 is 14.9 Å². The number of rotatable bonds is 8. The van der Waals surface area contributed by atoms with Gasteiger partial charge in [0.05, 0.1) is 23.5 Å². The first-order chi connectivity index (χ1) is 16.7. The molecule has 2 saturated heterocycles. The largest absolute Gasteiger partial charge is 0.491 e. The zero-order valence-electron chi connectivity index (χ0n) is 21.0. The summed E-state index contributed by atoms with van der Waals surface area (Å²) in [6.07, 6.45) is 9.08. The second kappa shape index (κ2) is 10.3. The number of unbranched alkanes of at least 4 members (excludes halogenated alkanes) is 2. The molecule has 3 N–H and O–H groups in total. The molecule has 2 saturated carbocycles. The molecule has 0 radical (unpaired) electrons. The van der Waals surface area contributed by atoms with Crippen LogP contribution in [0, 0.1) is 47.3 Å². The summed E-state index contributed by atoms with van der Waals surface area (Å²) in [4.78, 5) is 38.0. The number of aliphatic hydroxyl groups excluding tert-OH is 1. The van der Waals surface area contributed by atoms with Gasteiger partial charge in [-0.05, 0) is 49.9 Å². The summed E-state index contributed by atoms with van der Waals surface area (Å²) in [6.45, 7) is 10.1. The highest BCUT2D eigenvalue weighted by atomic mass is 16.5. The summed E-state index contributed by atoms with van der Waals surface area (Å²) in [5.74, 6) is -2.90. The number of allylic oxidation sites excluding steroid dienone is 3. The van der Waals surface area contributed by atoms with Crippen molar-refractivity contribution in [2.24, 2.45) is 47.3 Å². The molecule has 0 spiro atoms. The van der Waals surface area contributed by atoms with Crippen LogP contribution in [0.2, 0.25) is 0 Å². The number of hydrogen-bond donors (Lipinski definition) is 3. The fourth-order valence-corrected chi connectivity index (χ4v) is 7.40. The van der Waals surface area contributed by atoms with Gasteiger partial charge in [-0.3, -0.25) is 19.7 Å². The molecule has 2 bridgehead atoms. The van der Waals surface area contributed by atoms with E-state index in [2.05, 4.69) is 18.8 Å². The maximum atomic E-state index is 13.2. The van der Waals surface area contributed by atoms with Crippen molar-refractivity contribution in [1.29, 1.82) is 0 Å². The van der Waals surface area contributed by atoms with E-state index in [-0.39, 0.29) is 41.4 Å². The lowest BCUT2D eigenvalue weighted by Gasteiger charge is -2.49. The number of imide groups is 1. The molecule has 2 aliphatic carbocycles. The fraction of sp³-hybridized carbons (Fsp3) is 0.679. The SMILES string of the molecule is C=C[C@H](CCCCC)[C@@H]1C(=O)NC(=O)/C1=C1\O[C@@H]2[C@@H](O)[C@@H]3C[C@H](C(=O)O)C[C@H](C)[C@H]3[C@H]1[C@@H]2/C=C/C. The number of fused-ring (bicyclic) bond motifs is 4. The lowest BCUT2D eigenvalue weighted by molar-refractivity contribution is -0.150. The monoisotopic (exact) mass is 485 g/mol. The smallest absolute Gasteiger partial charge is 0.306 e. The minimum absolute atomic E-state index is 0.0267. The molecule has 4 aliphatic rings. The van der Waals surface area contributed by atoms with E-state index in [1.165, 1.54) is 0 Å². The van der Waals surface area contributed by atoms with E-state index in [4.69, 9.17) is 4.74 Å². The van der Waals surface area contributed by atoms with Crippen molar-refractivity contribution in [2.45, 2.75) is 71.5 Å². The third-order valence-corrected chi connectivity index (χ3v) is 8.89. The Balaban J connectivity index is 1.79. The summed E-state index contributed by atoms with van der Waals surface area (Å²) in [6, 6.07) is 0. The van der Waals surface area contributed by atoms with Crippen LogP contribution in [-0.2, 0) is 19.1 Å². The van der Waals surface area contributed by atoms with Gasteiger partial charge in [-0.1, -0.05) is 51.3 Å². The molecule has 0 aromatic heterocycles. The summed E-state index contributed by atoms with van der Waals surface area (Å²) < 4.78 is 6.44. The molecule has 0 aromatic rings. The van der Waals surface area contributed by atoms with Gasteiger partial charge >= 0.3 is 5.97 Å². The second-order valence-electron chi connectivity index (χ2n) is 10.9. The zero-order valence-corrected chi connectivity index (χ0v) is 21.0. The number of ether oxygens (including phenoxy) is 1. The van der Waals surface area contributed by atoms with Crippen LogP contribution in [0.1, 0.15) is 59.3 Å². The number of carbonyl (C=O) groups is 3. The van der Waals surface area contributed by atoms with Gasteiger partial charge in [0.15, 0.2) is 0 Å². The van der Waals surface area contributed by atoms with Gasteiger partial charge in [-0.15, -0.1) is 6.58 Å². The highest BCUT2D eigenvalue weighted by Gasteiger charge is 2.62. The molecule has 2 heterocycles. The lowest BCUT2D eigenvalue weighted by atomic mass is 9.54. The summed E-state index contributed by atoms with van der Waals surface area (Å²) in [5, 5.41) is 23.6. The van der Waals surface area contributed by atoms with E-state index >= 15 is 0 Å². The summed E-state index contributed by atoms with van der Waals surface area (Å²) in [5.41, 5.74) is 0.388. The Kier molecular flexibility index (Phi) is 7.55. The molecular formula is C28H39NO6. The topological polar surface area (TPSA) is 113 Å². The number of carboxylic acid groups (broad SMARTS) is 1. The third kappa shape index (κ3) is 4.37. The van der Waals surface area contributed by atoms with Crippen LogP contribution < -0.4 is 5.32 Å². The van der Waals surface area contributed by atoms with E-state index in [1.54, 1.807) is 6.08 Å². The molecular weight excluding hydrogens is 446 g/mol. The predicted octanol–water partition coefficient (Wildman–Crippen LogP) is 3.84. The van der Waals surface area contributed by atoms with E-state index in [9.17, 15) is 24.6 Å². The number of aliphatic hydroxyl groups is 1. The Bertz CT molecular complexity index is 938. The Labute approximate surface area is 207 Å². The van der Waals surface area contributed by atoms with Crippen LogP contribution in [0.3, 0.4) is 0 Å². The Hall–Kier alpha value is -2.41. The van der Waals surface area contributed by atoms with Crippen molar-refractivity contribution < 1.29 is 29.3 Å². The third-order valence-electron chi connectivity index (χ3n) is 8.89. The van der Waals surface area contributed by atoms with Crippen molar-refractivity contribution in [3.8, 4) is 0 Å². The molecule has 2 aliphatic heterocycles. The van der Waals surface area contributed by atoms with Crippen molar-refractivity contribution in [3.05, 3.63) is 36.1 Å². The average Bonchev–Trinajstić information content (AvgIpc) is 3.27. The van der Waals surface area contributed by atoms with Crippen molar-refractivity contribution in [1.82, 2.24) is 5.32 Å². The van der Waals surface area contributed by atoms with Crippen molar-refractivity contribution in [2.75, 3.05) is 0 Å². The van der Waals surface area contributed by atoms with Gasteiger partial charge in [0.25, 0.3) is 5.91 Å². The molecule has 192 valence electrons. The van der Waals surface area contributed by atoms with Gasteiger partial charge in [0.2, 0.25) is 5.91 Å². The van der Waals surface area contributed by atoms with Crippen LogP contribution in [0.15, 0.2) is 36.1 Å². The Morgan fingerprint density at radius 1 is 1.29 bits per heavy atom. The highest BCUT2D eigenvalue weighted by molar-refractivity contribution is 6.15. The minimum atomic E-state index is -0.835. The molecule has 0 unspecified atom stereocenters. The summed E-state index contributed by atoms with van der Waals surface area (Å²) >= 11 is 0. The normalized spacial score (nSPS) is 41.4. The summed E-state index contributed by atoms with van der Waals surface area (Å²) in [7, 11) is 0. The lowest BCUT2D eigenvalue weighted by Crippen LogP contribution is -2.53. The minimum Gasteiger partial charge on any atom is -0.491 e. The van der Waals surface area contributed by atoms with Crippen molar-refractivity contribution in [3.63, 3.8) is 0 Å². The Morgan fingerprint density at radius 3 is 2.66 bits per heavy atom. The number of carbonyl (C=O) groups excluding carboxylic acids is 2. The van der Waals surface area contributed by atoms with Gasteiger partial charge in [0, 0.05) is 11.8 Å². The van der Waals surface area contributed by atoms with Crippen LogP contribution in [0.4, 0.5) is 0 Å². The number of nitrogens with one attached hydrogen (secondary N) is 1. The van der Waals surface area contributed by atoms with Crippen molar-refractivity contribution >= 4 is 17.8 Å². The number of aliphatic carboxylic acids is 1. The first-order valence-corrected chi connectivity index (χ1v) is 13.2. The molecule has 7 nitrogen and oxygen atoms in total. The number of amides is 2. The Morgan fingerprint density at radius 2 is 2.03 bits per heavy atom. The molecule has 0 aromatic carbocycles. The van der Waals surface area contributed by atoms with E-state index < -0.39 is 35.9 Å². The van der Waals surface area contributed by atoms with Gasteiger partial charge in [0.1, 0.15) is 11.9 Å². The van der Waals surface area contributed by atoms with Gasteiger partial charge in [-0.25, -0.2) is 0 Å². The zero-order chi connectivity index (χ0) is 25.4.